The first kappa shape index (κ1) is 9.08. The minimum atomic E-state index is 0.390. The molecule has 2 nitrogen and oxygen atoms in total. The molecule has 0 N–H and O–H groups in total. The van der Waals surface area contributed by atoms with E-state index in [9.17, 15) is 4.79 Å². The van der Waals surface area contributed by atoms with Crippen molar-refractivity contribution < 1.29 is 4.79 Å². The molecule has 0 saturated heterocycles. The SMILES string of the molecule is CC1(C)[C@@H]2Cc3ccc(C=O)nc3[C@H]1C2. The van der Waals surface area contributed by atoms with Crippen molar-refractivity contribution in [2.24, 2.45) is 11.3 Å². The molecule has 3 aliphatic rings. The van der Waals surface area contributed by atoms with Crippen molar-refractivity contribution in [2.75, 3.05) is 0 Å². The first-order valence-electron chi connectivity index (χ1n) is 5.58. The Labute approximate surface area is 89.7 Å². The number of aromatic nitrogens is 1. The van der Waals surface area contributed by atoms with Gasteiger partial charge in [0.2, 0.25) is 0 Å². The quantitative estimate of drug-likeness (QED) is 0.654. The van der Waals surface area contributed by atoms with Crippen molar-refractivity contribution in [1.29, 1.82) is 0 Å². The molecule has 2 heteroatoms. The normalized spacial score (nSPS) is 30.3. The molecule has 4 rings (SSSR count). The molecule has 2 bridgehead atoms. The van der Waals surface area contributed by atoms with Crippen LogP contribution < -0.4 is 0 Å². The number of aldehydes is 1. The van der Waals surface area contributed by atoms with Gasteiger partial charge in [-0.2, -0.15) is 0 Å². The van der Waals surface area contributed by atoms with Gasteiger partial charge in [0.1, 0.15) is 5.69 Å². The highest BCUT2D eigenvalue weighted by Gasteiger charge is 2.53. The topological polar surface area (TPSA) is 30.0 Å². The minimum absolute atomic E-state index is 0.390. The highest BCUT2D eigenvalue weighted by atomic mass is 16.1. The molecule has 1 fully saturated rings. The van der Waals surface area contributed by atoms with Gasteiger partial charge in [0.25, 0.3) is 0 Å². The van der Waals surface area contributed by atoms with Crippen LogP contribution in [0.25, 0.3) is 0 Å². The first-order chi connectivity index (χ1) is 7.13. The average molecular weight is 201 g/mol. The molecule has 0 aromatic carbocycles. The van der Waals surface area contributed by atoms with Crippen LogP contribution in [0.15, 0.2) is 12.1 Å². The Balaban J connectivity index is 2.11. The van der Waals surface area contributed by atoms with E-state index in [1.807, 2.05) is 6.07 Å². The van der Waals surface area contributed by atoms with Crippen molar-refractivity contribution in [3.63, 3.8) is 0 Å². The van der Waals surface area contributed by atoms with Gasteiger partial charge in [-0.05, 0) is 35.8 Å². The summed E-state index contributed by atoms with van der Waals surface area (Å²) in [4.78, 5) is 15.2. The standard InChI is InChI=1S/C13H15NO/c1-13(2)9-5-8-3-4-10(7-15)14-12(8)11(13)6-9/h3-4,7,9,11H,5-6H2,1-2H3/t9-,11-/m1/s1. The molecule has 0 unspecified atom stereocenters. The van der Waals surface area contributed by atoms with Crippen LogP contribution in [0, 0.1) is 11.3 Å². The Kier molecular flexibility index (Phi) is 1.63. The second-order valence-electron chi connectivity index (χ2n) is 5.41. The molecule has 78 valence electrons. The second kappa shape index (κ2) is 2.69. The van der Waals surface area contributed by atoms with E-state index in [0.717, 1.165) is 18.6 Å². The molecule has 0 spiro atoms. The molecule has 0 amide bonds. The number of hydrogen-bond donors (Lipinski definition) is 0. The lowest BCUT2D eigenvalue weighted by Crippen LogP contribution is -2.48. The fraction of sp³-hybridized carbons (Fsp3) is 0.538. The lowest BCUT2D eigenvalue weighted by Gasteiger charge is -2.56. The highest BCUT2D eigenvalue weighted by molar-refractivity contribution is 5.72. The number of carbonyl (C=O) groups is 1. The van der Waals surface area contributed by atoms with Crippen molar-refractivity contribution in [3.05, 3.63) is 29.1 Å². The molecular formula is C13H15NO. The fourth-order valence-electron chi connectivity index (χ4n) is 3.15. The van der Waals surface area contributed by atoms with Gasteiger partial charge in [-0.25, -0.2) is 4.98 Å². The van der Waals surface area contributed by atoms with E-state index in [1.54, 1.807) is 0 Å². The maximum absolute atomic E-state index is 10.7. The fourth-order valence-corrected chi connectivity index (χ4v) is 3.15. The summed E-state index contributed by atoms with van der Waals surface area (Å²) >= 11 is 0. The van der Waals surface area contributed by atoms with Crippen molar-refractivity contribution in [1.82, 2.24) is 4.98 Å². The third-order valence-electron chi connectivity index (χ3n) is 4.42. The third kappa shape index (κ3) is 1.05. The van der Waals surface area contributed by atoms with Crippen LogP contribution in [0.3, 0.4) is 0 Å². The lowest BCUT2D eigenvalue weighted by atomic mass is 9.48. The maximum Gasteiger partial charge on any atom is 0.168 e. The Bertz CT molecular complexity index is 436. The molecule has 1 saturated carbocycles. The first-order valence-corrected chi connectivity index (χ1v) is 5.58. The van der Waals surface area contributed by atoms with E-state index < -0.39 is 0 Å². The zero-order valence-corrected chi connectivity index (χ0v) is 9.16. The van der Waals surface area contributed by atoms with Crippen LogP contribution in [0.5, 0.6) is 0 Å². The van der Waals surface area contributed by atoms with Gasteiger partial charge in [-0.15, -0.1) is 0 Å². The molecule has 2 atom stereocenters. The van der Waals surface area contributed by atoms with Gasteiger partial charge < -0.3 is 0 Å². The zero-order valence-electron chi connectivity index (χ0n) is 9.16. The lowest BCUT2D eigenvalue weighted by molar-refractivity contribution is 0.0154. The summed E-state index contributed by atoms with van der Waals surface area (Å²) in [5, 5.41) is 0. The molecule has 1 aromatic rings. The molecular weight excluding hydrogens is 186 g/mol. The summed E-state index contributed by atoms with van der Waals surface area (Å²) in [6, 6.07) is 3.92. The molecule has 1 aromatic heterocycles. The number of hydrogen-bond acceptors (Lipinski definition) is 2. The van der Waals surface area contributed by atoms with E-state index in [0.29, 0.717) is 17.0 Å². The van der Waals surface area contributed by atoms with Gasteiger partial charge in [-0.3, -0.25) is 4.79 Å². The summed E-state index contributed by atoms with van der Waals surface area (Å²) in [6.45, 7) is 4.65. The Morgan fingerprint density at radius 3 is 2.93 bits per heavy atom. The average Bonchev–Trinajstić information content (AvgIpc) is 2.27. The third-order valence-corrected chi connectivity index (χ3v) is 4.42. The Morgan fingerprint density at radius 1 is 1.47 bits per heavy atom. The highest BCUT2D eigenvalue weighted by Crippen LogP contribution is 2.61. The van der Waals surface area contributed by atoms with Crippen LogP contribution >= 0.6 is 0 Å². The summed E-state index contributed by atoms with van der Waals surface area (Å²) < 4.78 is 0. The summed E-state index contributed by atoms with van der Waals surface area (Å²) in [5.74, 6) is 1.39. The number of carbonyl (C=O) groups excluding carboxylic acids is 1. The summed E-state index contributed by atoms with van der Waals surface area (Å²) in [7, 11) is 0. The predicted octanol–water partition coefficient (Wildman–Crippen LogP) is 2.58. The minimum Gasteiger partial charge on any atom is -0.296 e. The van der Waals surface area contributed by atoms with Gasteiger partial charge in [0.15, 0.2) is 6.29 Å². The zero-order chi connectivity index (χ0) is 10.6. The second-order valence-corrected chi connectivity index (χ2v) is 5.41. The number of rotatable bonds is 1. The largest absolute Gasteiger partial charge is 0.296 e. The van der Waals surface area contributed by atoms with Crippen LogP contribution in [0.2, 0.25) is 0 Å². The number of nitrogens with zero attached hydrogens (tertiary/aromatic N) is 1. The van der Waals surface area contributed by atoms with Crippen LogP contribution in [0.1, 0.15) is 47.9 Å². The monoisotopic (exact) mass is 201 g/mol. The molecule has 0 aliphatic heterocycles. The Hall–Kier alpha value is -1.18. The van der Waals surface area contributed by atoms with Crippen molar-refractivity contribution >= 4 is 6.29 Å². The van der Waals surface area contributed by atoms with E-state index in [2.05, 4.69) is 24.9 Å². The van der Waals surface area contributed by atoms with E-state index in [-0.39, 0.29) is 0 Å². The van der Waals surface area contributed by atoms with E-state index in [4.69, 9.17) is 0 Å². The smallest absolute Gasteiger partial charge is 0.168 e. The van der Waals surface area contributed by atoms with Crippen LogP contribution in [0.4, 0.5) is 0 Å². The van der Waals surface area contributed by atoms with Crippen molar-refractivity contribution in [2.45, 2.75) is 32.6 Å². The predicted molar refractivity (Wildman–Crippen MR) is 58.0 cm³/mol. The van der Waals surface area contributed by atoms with Gasteiger partial charge in [0, 0.05) is 11.6 Å². The molecule has 3 aliphatic carbocycles. The van der Waals surface area contributed by atoms with Gasteiger partial charge in [-0.1, -0.05) is 19.9 Å². The maximum atomic E-state index is 10.7. The van der Waals surface area contributed by atoms with E-state index in [1.165, 1.54) is 17.7 Å². The van der Waals surface area contributed by atoms with Gasteiger partial charge >= 0.3 is 0 Å². The van der Waals surface area contributed by atoms with Gasteiger partial charge in [0.05, 0.1) is 0 Å². The Morgan fingerprint density at radius 2 is 2.27 bits per heavy atom. The molecule has 15 heavy (non-hydrogen) atoms. The number of pyridine rings is 1. The van der Waals surface area contributed by atoms with Crippen LogP contribution in [-0.4, -0.2) is 11.3 Å². The summed E-state index contributed by atoms with van der Waals surface area (Å²) in [6.07, 6.45) is 3.25. The van der Waals surface area contributed by atoms with Crippen LogP contribution in [-0.2, 0) is 6.42 Å². The molecule has 0 radical (unpaired) electrons. The molecule has 1 heterocycles. The van der Waals surface area contributed by atoms with E-state index >= 15 is 0 Å². The van der Waals surface area contributed by atoms with Crippen molar-refractivity contribution in [3.8, 4) is 0 Å². The summed E-state index contributed by atoms with van der Waals surface area (Å²) in [5.41, 5.74) is 3.52.